The van der Waals surface area contributed by atoms with E-state index in [-0.39, 0.29) is 11.8 Å². The largest absolute Gasteiger partial charge is 0.439 e. The first-order chi connectivity index (χ1) is 11.1. The molecule has 24 heavy (non-hydrogen) atoms. The number of nitrogens with zero attached hydrogens (tertiary/aromatic N) is 2. The van der Waals surface area contributed by atoms with Crippen molar-refractivity contribution in [2.24, 2.45) is 0 Å². The number of hydrogen-bond acceptors (Lipinski definition) is 3. The first-order valence-electron chi connectivity index (χ1n) is 7.24. The van der Waals surface area contributed by atoms with Crippen LogP contribution in [0.4, 0.5) is 18.9 Å². The van der Waals surface area contributed by atoms with Crippen molar-refractivity contribution in [1.29, 1.82) is 0 Å². The Balaban J connectivity index is 1.88. The number of benzene rings is 1. The Morgan fingerprint density at radius 3 is 2.46 bits per heavy atom. The van der Waals surface area contributed by atoms with E-state index in [2.05, 4.69) is 4.98 Å². The van der Waals surface area contributed by atoms with Gasteiger partial charge in [-0.2, -0.15) is 13.2 Å². The minimum absolute atomic E-state index is 0.0256. The number of pyridine rings is 1. The molecule has 0 N–H and O–H groups in total. The van der Waals surface area contributed by atoms with Gasteiger partial charge in [0.1, 0.15) is 5.75 Å². The third-order valence-corrected chi connectivity index (χ3v) is 4.13. The molecule has 1 aromatic carbocycles. The Morgan fingerprint density at radius 1 is 1.17 bits per heavy atom. The summed E-state index contributed by atoms with van der Waals surface area (Å²) in [6.07, 6.45) is -3.71. The fraction of sp³-hybridized carbons (Fsp3) is 0.294. The quantitative estimate of drug-likeness (QED) is 0.827. The van der Waals surface area contributed by atoms with Crippen molar-refractivity contribution in [3.63, 3.8) is 0 Å². The molecule has 0 aliphatic carbocycles. The SMILES string of the molecule is CN1C(=O)C(C)(C)c2cc(Oc3ccc(C(F)(F)F)cn3)ccc21. The van der Waals surface area contributed by atoms with Crippen LogP contribution in [0.15, 0.2) is 36.5 Å². The highest BCUT2D eigenvalue weighted by atomic mass is 19.4. The van der Waals surface area contributed by atoms with E-state index in [1.54, 1.807) is 30.1 Å². The molecule has 0 bridgehead atoms. The van der Waals surface area contributed by atoms with E-state index in [0.29, 0.717) is 5.75 Å². The van der Waals surface area contributed by atoms with Crippen LogP contribution < -0.4 is 9.64 Å². The Morgan fingerprint density at radius 2 is 1.88 bits per heavy atom. The Labute approximate surface area is 136 Å². The minimum Gasteiger partial charge on any atom is -0.439 e. The van der Waals surface area contributed by atoms with E-state index in [4.69, 9.17) is 4.74 Å². The molecule has 0 saturated heterocycles. The van der Waals surface area contributed by atoms with Crippen LogP contribution in [0.5, 0.6) is 11.6 Å². The summed E-state index contributed by atoms with van der Waals surface area (Å²) in [7, 11) is 1.70. The van der Waals surface area contributed by atoms with Crippen molar-refractivity contribution in [2.75, 3.05) is 11.9 Å². The van der Waals surface area contributed by atoms with Crippen LogP contribution in [0.2, 0.25) is 0 Å². The van der Waals surface area contributed by atoms with Gasteiger partial charge in [0.2, 0.25) is 11.8 Å². The maximum Gasteiger partial charge on any atom is 0.417 e. The molecule has 0 saturated carbocycles. The predicted octanol–water partition coefficient (Wildman–Crippen LogP) is 4.15. The lowest BCUT2D eigenvalue weighted by Gasteiger charge is -2.16. The number of hydrogen-bond donors (Lipinski definition) is 0. The lowest BCUT2D eigenvalue weighted by Crippen LogP contribution is -2.33. The number of likely N-dealkylation sites (N-methyl/N-ethyl adjacent to an activating group) is 1. The summed E-state index contributed by atoms with van der Waals surface area (Å²) in [5.41, 5.74) is 0.0751. The van der Waals surface area contributed by atoms with E-state index in [1.807, 2.05) is 13.8 Å². The van der Waals surface area contributed by atoms with Gasteiger partial charge in [-0.15, -0.1) is 0 Å². The number of rotatable bonds is 2. The average Bonchev–Trinajstić information content (AvgIpc) is 2.68. The van der Waals surface area contributed by atoms with Crippen LogP contribution in [-0.4, -0.2) is 17.9 Å². The number of carbonyl (C=O) groups excluding carboxylic acids is 1. The second kappa shape index (κ2) is 5.22. The van der Waals surface area contributed by atoms with Crippen molar-refractivity contribution >= 4 is 11.6 Å². The van der Waals surface area contributed by atoms with Crippen LogP contribution in [0.25, 0.3) is 0 Å². The number of ether oxygens (including phenoxy) is 1. The molecule has 2 heterocycles. The molecular weight excluding hydrogens is 321 g/mol. The summed E-state index contributed by atoms with van der Waals surface area (Å²) >= 11 is 0. The number of halogens is 3. The summed E-state index contributed by atoms with van der Waals surface area (Å²) < 4.78 is 43.1. The van der Waals surface area contributed by atoms with E-state index in [0.717, 1.165) is 23.5 Å². The first-order valence-corrected chi connectivity index (χ1v) is 7.24. The van der Waals surface area contributed by atoms with Gasteiger partial charge in [0.05, 0.1) is 11.0 Å². The van der Waals surface area contributed by atoms with Gasteiger partial charge in [-0.05, 0) is 43.7 Å². The van der Waals surface area contributed by atoms with Crippen LogP contribution in [0.3, 0.4) is 0 Å². The molecule has 3 rings (SSSR count). The molecule has 4 nitrogen and oxygen atoms in total. The van der Waals surface area contributed by atoms with E-state index >= 15 is 0 Å². The zero-order valence-corrected chi connectivity index (χ0v) is 13.3. The van der Waals surface area contributed by atoms with Crippen LogP contribution in [0, 0.1) is 0 Å². The van der Waals surface area contributed by atoms with Crippen molar-refractivity contribution in [2.45, 2.75) is 25.4 Å². The number of anilines is 1. The van der Waals surface area contributed by atoms with Gasteiger partial charge < -0.3 is 9.64 Å². The number of fused-ring (bicyclic) bond motifs is 1. The first kappa shape index (κ1) is 16.3. The van der Waals surface area contributed by atoms with Gasteiger partial charge in [0.25, 0.3) is 0 Å². The lowest BCUT2D eigenvalue weighted by molar-refractivity contribution is -0.137. The van der Waals surface area contributed by atoms with E-state index in [9.17, 15) is 18.0 Å². The van der Waals surface area contributed by atoms with Crippen molar-refractivity contribution in [1.82, 2.24) is 4.98 Å². The molecule has 7 heteroatoms. The number of aromatic nitrogens is 1. The van der Waals surface area contributed by atoms with Gasteiger partial charge in [0, 0.05) is 25.0 Å². The summed E-state index contributed by atoms with van der Waals surface area (Å²) in [5, 5.41) is 0. The second-order valence-corrected chi connectivity index (χ2v) is 6.15. The highest BCUT2D eigenvalue weighted by molar-refractivity contribution is 6.07. The maximum atomic E-state index is 12.5. The Hall–Kier alpha value is -2.57. The fourth-order valence-corrected chi connectivity index (χ4v) is 2.74. The zero-order valence-electron chi connectivity index (χ0n) is 13.3. The third kappa shape index (κ3) is 2.60. The molecule has 126 valence electrons. The molecule has 0 spiro atoms. The molecule has 0 fully saturated rings. The fourth-order valence-electron chi connectivity index (χ4n) is 2.74. The van der Waals surface area contributed by atoms with Crippen molar-refractivity contribution in [3.05, 3.63) is 47.7 Å². The molecule has 2 aromatic rings. The van der Waals surface area contributed by atoms with Crippen LogP contribution >= 0.6 is 0 Å². The van der Waals surface area contributed by atoms with Gasteiger partial charge in [-0.1, -0.05) is 0 Å². The van der Waals surface area contributed by atoms with Crippen molar-refractivity contribution in [3.8, 4) is 11.6 Å². The van der Waals surface area contributed by atoms with E-state index < -0.39 is 17.2 Å². The van der Waals surface area contributed by atoms with Gasteiger partial charge >= 0.3 is 6.18 Å². The standard InChI is InChI=1S/C17H15F3N2O2/c1-16(2)12-8-11(5-6-13(12)22(3)15(16)23)24-14-7-4-10(9-21-14)17(18,19)20/h4-9H,1-3H3. The monoisotopic (exact) mass is 336 g/mol. The van der Waals surface area contributed by atoms with Crippen molar-refractivity contribution < 1.29 is 22.7 Å². The lowest BCUT2D eigenvalue weighted by atomic mass is 9.86. The highest BCUT2D eigenvalue weighted by Crippen LogP contribution is 2.42. The minimum atomic E-state index is -4.44. The summed E-state index contributed by atoms with van der Waals surface area (Å²) in [4.78, 5) is 17.5. The number of carbonyl (C=O) groups is 1. The van der Waals surface area contributed by atoms with Gasteiger partial charge in [-0.3, -0.25) is 4.79 Å². The predicted molar refractivity (Wildman–Crippen MR) is 82.2 cm³/mol. The molecule has 1 aliphatic rings. The molecule has 1 aliphatic heterocycles. The van der Waals surface area contributed by atoms with Gasteiger partial charge in [-0.25, -0.2) is 4.98 Å². The smallest absolute Gasteiger partial charge is 0.417 e. The highest BCUT2D eigenvalue weighted by Gasteiger charge is 2.42. The normalized spacial score (nSPS) is 16.2. The second-order valence-electron chi connectivity index (χ2n) is 6.15. The molecule has 0 atom stereocenters. The van der Waals surface area contributed by atoms with Gasteiger partial charge in [0.15, 0.2) is 0 Å². The maximum absolute atomic E-state index is 12.5. The number of alkyl halides is 3. The van der Waals surface area contributed by atoms with E-state index in [1.165, 1.54) is 6.07 Å². The summed E-state index contributed by atoms with van der Waals surface area (Å²) in [6.45, 7) is 3.63. The Bertz CT molecular complexity index is 798. The Kier molecular flexibility index (Phi) is 3.55. The third-order valence-electron chi connectivity index (χ3n) is 4.13. The molecule has 0 radical (unpaired) electrons. The van der Waals surface area contributed by atoms with Crippen LogP contribution in [-0.2, 0) is 16.4 Å². The zero-order chi connectivity index (χ0) is 17.7. The van der Waals surface area contributed by atoms with Crippen LogP contribution in [0.1, 0.15) is 25.0 Å². The molecular formula is C17H15F3N2O2. The average molecular weight is 336 g/mol. The summed E-state index contributed by atoms with van der Waals surface area (Å²) in [6, 6.07) is 7.20. The number of amides is 1. The topological polar surface area (TPSA) is 42.4 Å². The molecule has 1 aromatic heterocycles. The summed E-state index contributed by atoms with van der Waals surface area (Å²) in [5.74, 6) is 0.443. The molecule has 0 unspecified atom stereocenters. The molecule has 1 amide bonds.